The molecular weight excluding hydrogens is 468 g/mol. The third kappa shape index (κ3) is 4.13. The van der Waals surface area contributed by atoms with Crippen LogP contribution in [0.4, 0.5) is 11.6 Å². The monoisotopic (exact) mass is 500 g/mol. The Hall–Kier alpha value is -2.18. The summed E-state index contributed by atoms with van der Waals surface area (Å²) in [4.78, 5) is 19.5. The summed E-state index contributed by atoms with van der Waals surface area (Å²) in [6.45, 7) is 6.98. The predicted molar refractivity (Wildman–Crippen MR) is 131 cm³/mol. The highest BCUT2D eigenvalue weighted by Crippen LogP contribution is 2.44. The molecule has 0 unspecified atom stereocenters. The molecule has 0 aliphatic carbocycles. The minimum absolute atomic E-state index is 0.0401. The second-order valence-corrected chi connectivity index (χ2v) is 10.9. The number of aliphatic hydroxyl groups excluding tert-OH is 1. The number of morpholine rings is 1. The Morgan fingerprint density at radius 3 is 2.83 bits per heavy atom. The molecule has 2 aromatic heterocycles. The molecule has 0 radical (unpaired) electrons. The van der Waals surface area contributed by atoms with Gasteiger partial charge in [0, 0.05) is 37.3 Å². The van der Waals surface area contributed by atoms with Crippen molar-refractivity contribution in [2.45, 2.75) is 54.5 Å². The predicted octanol–water partition coefficient (Wildman–Crippen LogP) is 1.45. The van der Waals surface area contributed by atoms with E-state index in [1.165, 1.54) is 11.8 Å². The van der Waals surface area contributed by atoms with Gasteiger partial charge in [0.05, 0.1) is 49.7 Å². The van der Waals surface area contributed by atoms with Crippen LogP contribution in [-0.2, 0) is 16.1 Å². The van der Waals surface area contributed by atoms with Crippen LogP contribution in [0.2, 0.25) is 0 Å². The highest BCUT2D eigenvalue weighted by atomic mass is 32.2. The number of ether oxygens (including phenoxy) is 3. The normalized spacial score (nSPS) is 27.5. The first-order valence-electron chi connectivity index (χ1n) is 12.3. The Balaban J connectivity index is 1.19. The van der Waals surface area contributed by atoms with Gasteiger partial charge >= 0.3 is 0 Å². The zero-order chi connectivity index (χ0) is 24.0. The molecule has 6 rings (SSSR count). The maximum Gasteiger partial charge on any atom is 0.175 e. The average molecular weight is 501 g/mol. The molecule has 3 saturated heterocycles. The highest BCUT2D eigenvalue weighted by Gasteiger charge is 2.47. The molecule has 0 aromatic carbocycles. The van der Waals surface area contributed by atoms with Crippen molar-refractivity contribution in [2.75, 3.05) is 55.9 Å². The first-order valence-corrected chi connectivity index (χ1v) is 13.1. The summed E-state index contributed by atoms with van der Waals surface area (Å²) >= 11 is 1.48. The molecule has 3 atom stereocenters. The number of pyridine rings is 1. The third-order valence-corrected chi connectivity index (χ3v) is 8.79. The number of hydrogen-bond acceptors (Lipinski definition) is 11. The van der Waals surface area contributed by atoms with Crippen molar-refractivity contribution >= 4 is 23.4 Å². The van der Waals surface area contributed by atoms with Crippen molar-refractivity contribution in [1.29, 1.82) is 0 Å². The second kappa shape index (κ2) is 9.36. The van der Waals surface area contributed by atoms with E-state index in [4.69, 9.17) is 29.9 Å². The van der Waals surface area contributed by atoms with Crippen molar-refractivity contribution < 1.29 is 19.3 Å². The molecular formula is C24H32N6O4S. The van der Waals surface area contributed by atoms with E-state index in [0.29, 0.717) is 30.5 Å². The number of nitrogens with zero attached hydrogens (tertiary/aromatic N) is 5. The van der Waals surface area contributed by atoms with Crippen LogP contribution >= 0.6 is 11.8 Å². The van der Waals surface area contributed by atoms with E-state index in [1.807, 2.05) is 6.07 Å². The number of rotatable bonds is 4. The zero-order valence-electron chi connectivity index (χ0n) is 19.9. The molecule has 0 saturated carbocycles. The van der Waals surface area contributed by atoms with Gasteiger partial charge in [0.1, 0.15) is 17.3 Å². The smallest absolute Gasteiger partial charge is 0.175 e. The first-order chi connectivity index (χ1) is 17.1. The van der Waals surface area contributed by atoms with Crippen molar-refractivity contribution in [3.8, 4) is 5.75 Å². The lowest BCUT2D eigenvalue weighted by Crippen LogP contribution is -2.51. The van der Waals surface area contributed by atoms with Gasteiger partial charge in [0.15, 0.2) is 17.4 Å². The van der Waals surface area contributed by atoms with Gasteiger partial charge in [-0.2, -0.15) is 0 Å². The van der Waals surface area contributed by atoms with Crippen LogP contribution < -0.4 is 20.3 Å². The molecule has 3 N–H and O–H groups in total. The summed E-state index contributed by atoms with van der Waals surface area (Å²) in [7, 11) is 0. The minimum atomic E-state index is -0.168. The van der Waals surface area contributed by atoms with Gasteiger partial charge in [0.25, 0.3) is 0 Å². The largest absolute Gasteiger partial charge is 0.486 e. The number of aromatic nitrogens is 3. The molecule has 0 amide bonds. The Labute approximate surface area is 209 Å². The van der Waals surface area contributed by atoms with E-state index in [-0.39, 0.29) is 30.2 Å². The van der Waals surface area contributed by atoms with E-state index in [2.05, 4.69) is 21.7 Å². The lowest BCUT2D eigenvalue weighted by Gasteiger charge is -2.41. The van der Waals surface area contributed by atoms with Crippen LogP contribution in [0.1, 0.15) is 25.5 Å². The average Bonchev–Trinajstić information content (AvgIpc) is 3.17. The SMILES string of the molecule is C[C@@H]1OCC2(CCN(c3ncc(Sc4ccnc5c4OC[C@H]4COCCN54)nc3CO)CC2)[C@@H]1N. The van der Waals surface area contributed by atoms with Crippen molar-refractivity contribution in [2.24, 2.45) is 11.1 Å². The fraction of sp³-hybridized carbons (Fsp3) is 0.625. The zero-order valence-corrected chi connectivity index (χ0v) is 20.7. The van der Waals surface area contributed by atoms with E-state index >= 15 is 0 Å². The van der Waals surface area contributed by atoms with E-state index in [9.17, 15) is 5.11 Å². The molecule has 11 heteroatoms. The summed E-state index contributed by atoms with van der Waals surface area (Å²) in [5.41, 5.74) is 7.09. The number of piperidine rings is 1. The van der Waals surface area contributed by atoms with Crippen LogP contribution in [0.3, 0.4) is 0 Å². The first kappa shape index (κ1) is 23.2. The van der Waals surface area contributed by atoms with Gasteiger partial charge in [-0.1, -0.05) is 11.8 Å². The number of hydrogen-bond donors (Lipinski definition) is 2. The molecule has 10 nitrogen and oxygen atoms in total. The van der Waals surface area contributed by atoms with Crippen LogP contribution in [0.5, 0.6) is 5.75 Å². The molecule has 6 heterocycles. The van der Waals surface area contributed by atoms with E-state index in [0.717, 1.165) is 61.4 Å². The molecule has 35 heavy (non-hydrogen) atoms. The minimum Gasteiger partial charge on any atom is -0.486 e. The number of anilines is 2. The topological polar surface area (TPSA) is 119 Å². The molecule has 4 aliphatic heterocycles. The molecule has 4 aliphatic rings. The van der Waals surface area contributed by atoms with E-state index < -0.39 is 0 Å². The molecule has 188 valence electrons. The highest BCUT2D eigenvalue weighted by molar-refractivity contribution is 7.99. The van der Waals surface area contributed by atoms with Crippen molar-refractivity contribution in [3.05, 3.63) is 24.2 Å². The Bertz CT molecular complexity index is 1080. The summed E-state index contributed by atoms with van der Waals surface area (Å²) in [6, 6.07) is 2.20. The molecule has 3 fully saturated rings. The van der Waals surface area contributed by atoms with Gasteiger partial charge in [-0.05, 0) is 25.8 Å². The molecule has 2 aromatic rings. The number of fused-ring (bicyclic) bond motifs is 3. The number of aliphatic hydroxyl groups is 1. The van der Waals surface area contributed by atoms with E-state index in [1.54, 1.807) is 12.4 Å². The van der Waals surface area contributed by atoms with Gasteiger partial charge in [-0.3, -0.25) is 0 Å². The van der Waals surface area contributed by atoms with Crippen LogP contribution in [0.25, 0.3) is 0 Å². The lowest BCUT2D eigenvalue weighted by atomic mass is 9.73. The van der Waals surface area contributed by atoms with Gasteiger partial charge in [0.2, 0.25) is 0 Å². The third-order valence-electron chi connectivity index (χ3n) is 7.84. The van der Waals surface area contributed by atoms with Crippen molar-refractivity contribution in [3.63, 3.8) is 0 Å². The second-order valence-electron chi connectivity index (χ2n) is 9.82. The van der Waals surface area contributed by atoms with Gasteiger partial charge in [-0.15, -0.1) is 0 Å². The maximum atomic E-state index is 10.1. The Morgan fingerprint density at radius 1 is 1.20 bits per heavy atom. The summed E-state index contributed by atoms with van der Waals surface area (Å²) in [5, 5.41) is 10.8. The fourth-order valence-corrected chi connectivity index (χ4v) is 6.52. The molecule has 1 spiro atoms. The maximum absolute atomic E-state index is 10.1. The molecule has 0 bridgehead atoms. The van der Waals surface area contributed by atoms with Crippen LogP contribution in [-0.4, -0.2) is 84.3 Å². The Morgan fingerprint density at radius 2 is 2.06 bits per heavy atom. The van der Waals surface area contributed by atoms with Crippen LogP contribution in [0, 0.1) is 5.41 Å². The number of nitrogens with two attached hydrogens (primary N) is 1. The summed E-state index contributed by atoms with van der Waals surface area (Å²) < 4.78 is 17.5. The lowest BCUT2D eigenvalue weighted by molar-refractivity contribution is 0.0689. The summed E-state index contributed by atoms with van der Waals surface area (Å²) in [5.74, 6) is 2.38. The van der Waals surface area contributed by atoms with Crippen molar-refractivity contribution in [1.82, 2.24) is 15.0 Å². The standard InChI is InChI=1S/C24H32N6O4S/c1-15-21(25)24(14-34-15)3-6-29(7-4-24)22-17(11-31)28-19(10-27-22)35-18-2-5-26-23-20(18)33-13-16-12-32-9-8-30(16)23/h2,5,10,15-16,21,31H,3-4,6-9,11-14,25H2,1H3/t15-,16+,21+/m0/s1. The van der Waals surface area contributed by atoms with Gasteiger partial charge < -0.3 is 34.9 Å². The quantitative estimate of drug-likeness (QED) is 0.635. The van der Waals surface area contributed by atoms with Crippen LogP contribution in [0.15, 0.2) is 28.4 Å². The summed E-state index contributed by atoms with van der Waals surface area (Å²) in [6.07, 6.45) is 5.58. The fourth-order valence-electron chi connectivity index (χ4n) is 5.66. The Kier molecular flexibility index (Phi) is 6.21. The van der Waals surface area contributed by atoms with Gasteiger partial charge in [-0.25, -0.2) is 15.0 Å².